The molecule has 6 heterocycles. The highest BCUT2D eigenvalue weighted by Crippen LogP contribution is 2.45. The Morgan fingerprint density at radius 1 is 0.413 bits per heavy atom. The molecule has 0 spiro atoms. The van der Waals surface area contributed by atoms with Crippen molar-refractivity contribution in [1.82, 2.24) is 19.6 Å². The van der Waals surface area contributed by atoms with Crippen molar-refractivity contribution in [2.24, 2.45) is 0 Å². The van der Waals surface area contributed by atoms with Crippen molar-refractivity contribution in [3.05, 3.63) is 287 Å². The van der Waals surface area contributed by atoms with Crippen molar-refractivity contribution in [3.63, 3.8) is 0 Å². The van der Waals surface area contributed by atoms with Crippen LogP contribution in [0.4, 0.5) is 41.9 Å². The molecule has 728 valence electrons. The van der Waals surface area contributed by atoms with Crippen LogP contribution in [0, 0.1) is 27.7 Å². The number of hydrogen-bond acceptors (Lipinski definition) is 25. The zero-order valence-corrected chi connectivity index (χ0v) is 79.3. The summed E-state index contributed by atoms with van der Waals surface area (Å²) in [6.45, 7) is 21.6. The first-order valence-electron chi connectivity index (χ1n) is 44.4. The number of fused-ring (bicyclic) bond motifs is 4. The summed E-state index contributed by atoms with van der Waals surface area (Å²) in [5, 5.41) is 58.8. The third kappa shape index (κ3) is 23.8. The topological polar surface area (TPSA) is 392 Å². The van der Waals surface area contributed by atoms with Crippen LogP contribution < -0.4 is 58.3 Å². The van der Waals surface area contributed by atoms with Crippen molar-refractivity contribution in [2.45, 2.75) is 96.0 Å². The summed E-state index contributed by atoms with van der Waals surface area (Å²) in [5.41, 5.74) is 12.6. The molecule has 138 heavy (non-hydrogen) atoms. The number of aliphatic hydroxyl groups excluding tert-OH is 5. The predicted octanol–water partition coefficient (Wildman–Crippen LogP) is 15.0. The van der Waals surface area contributed by atoms with E-state index in [0.717, 1.165) is 88.3 Å². The summed E-state index contributed by atoms with van der Waals surface area (Å²) in [6.07, 6.45) is 9.43. The molecule has 0 saturated carbocycles. The van der Waals surface area contributed by atoms with E-state index in [9.17, 15) is 63.9 Å². The molecule has 0 fully saturated rings. The Balaban J connectivity index is 0.000000176. The molecule has 33 heteroatoms. The average molecular weight is 1890 g/mol. The van der Waals surface area contributed by atoms with Gasteiger partial charge in [-0.3, -0.25) is 29.8 Å². The lowest BCUT2D eigenvalue weighted by Crippen LogP contribution is -2.58. The SMILES string of the molecule is C=CCOC(=O)N1c2cc(C)c(OC)cc2C(=O)N2CC=C(c3ccc(OC)cc3)C[C@H]2C1O.C=CCOC(=O)N1c2cc(C)c(OC)cc2C(=O)N2[C@H](CO)CC(c3ccc(OC)cc3)=C[C@H]2C1O.C=CCOC(=O)Nc1cc(C)c(OC)cc1C(=O)N1CC=C(c2ccc(OC)cc2)C[C@H]1CO.C=CCOC(=O)Nc1cc(C)c(OC)cc1C(=O)N1CCC(c2ccc(OC)cc2)=C[C@H]1CO. The van der Waals surface area contributed by atoms with Crippen LogP contribution in [-0.4, -0.2) is 259 Å². The maximum atomic E-state index is 13.9. The predicted molar refractivity (Wildman–Crippen MR) is 523 cm³/mol. The van der Waals surface area contributed by atoms with Gasteiger partial charge in [0.05, 0.1) is 152 Å². The molecule has 8 aromatic rings. The Morgan fingerprint density at radius 3 is 1.21 bits per heavy atom. The largest absolute Gasteiger partial charge is 0.497 e. The van der Waals surface area contributed by atoms with E-state index in [1.807, 2.05) is 136 Å². The fourth-order valence-electron chi connectivity index (χ4n) is 17.0. The van der Waals surface area contributed by atoms with Crippen LogP contribution in [0.2, 0.25) is 0 Å². The molecule has 6 aliphatic rings. The summed E-state index contributed by atoms with van der Waals surface area (Å²) in [6, 6.07) is 40.1. The van der Waals surface area contributed by atoms with Gasteiger partial charge in [-0.1, -0.05) is 123 Å². The number of nitrogens with one attached hydrogen (secondary N) is 2. The number of rotatable bonds is 27. The van der Waals surface area contributed by atoms with Gasteiger partial charge in [-0.15, -0.1) is 0 Å². The second-order valence-electron chi connectivity index (χ2n) is 32.5. The second-order valence-corrected chi connectivity index (χ2v) is 32.5. The number of nitrogens with zero attached hydrogens (tertiary/aromatic N) is 6. The van der Waals surface area contributed by atoms with Crippen LogP contribution in [-0.2, 0) is 18.9 Å². The smallest absolute Gasteiger partial charge is 0.416 e. The maximum Gasteiger partial charge on any atom is 0.416 e. The van der Waals surface area contributed by atoms with Crippen molar-refractivity contribution in [1.29, 1.82) is 0 Å². The molecular weight excluding hydrogens is 1770 g/mol. The van der Waals surface area contributed by atoms with Gasteiger partial charge in [0, 0.05) is 19.6 Å². The molecule has 33 nitrogen and oxygen atoms in total. The molecule has 8 aromatic carbocycles. The molecule has 8 amide bonds. The van der Waals surface area contributed by atoms with Crippen molar-refractivity contribution < 1.29 is 121 Å². The number of benzene rings is 8. The maximum absolute atomic E-state index is 13.9. The standard InChI is InChI=1S/C27H30N2O7.C26H28N2O6.2C26H30N2O6/c1-5-10-36-27(33)29-22-11-16(2)24(35-4)14-21(22)25(31)28-19(15-30)12-18(13-23(28)26(29)32)17-6-8-20(34-3)9-7-17;1-5-12-34-26(31)28-21-13-16(2)23(33-4)15-20(21)24(29)27-11-10-18(14-22(27)25(28)30)17-6-8-19(32-3)9-7-17;2*1-5-12-34-26(31)27-23-13-17(2)24(33-4)15-22(23)25(30)28-11-10-19(14-20(28)16-29)18-6-8-21(32-3)9-7-18/h5-9,11,13-14,19,23,26,30,32H,1,10,12,15H2,2-4H3;5-10,13,15,22,25,30H,1,11-12,14H2,2-4H3;5-9,13-15,20,29H,1,10-12,16H2,2-4H3,(H,27,31);5-10,13,15,20,29H,1,11-12,14,16H2,2-4H3,(H,27,31)/t19-,23-,26?;22-,25?;2*20-/m0000/s1. The molecule has 6 aliphatic heterocycles. The lowest BCUT2D eigenvalue weighted by molar-refractivity contribution is 0.0223. The minimum Gasteiger partial charge on any atom is -0.497 e. The van der Waals surface area contributed by atoms with Gasteiger partial charge in [-0.2, -0.15) is 0 Å². The zero-order valence-electron chi connectivity index (χ0n) is 79.3. The molecule has 0 saturated heterocycles. The van der Waals surface area contributed by atoms with E-state index in [2.05, 4.69) is 36.9 Å². The highest BCUT2D eigenvalue weighted by molar-refractivity contribution is 6.09. The highest BCUT2D eigenvalue weighted by atomic mass is 16.6. The van der Waals surface area contributed by atoms with E-state index >= 15 is 0 Å². The van der Waals surface area contributed by atoms with Gasteiger partial charge in [-0.05, 0) is 217 Å². The molecule has 0 bridgehead atoms. The third-order valence-corrected chi connectivity index (χ3v) is 24.1. The Labute approximate surface area is 801 Å². The Kier molecular flexibility index (Phi) is 36.2. The fraction of sp³-hybridized carbons (Fsp3) is 0.314. The van der Waals surface area contributed by atoms with Crippen LogP contribution in [0.3, 0.4) is 0 Å². The summed E-state index contributed by atoms with van der Waals surface area (Å²) in [4.78, 5) is 114. The summed E-state index contributed by atoms with van der Waals surface area (Å²) >= 11 is 0. The zero-order chi connectivity index (χ0) is 99.7. The third-order valence-electron chi connectivity index (χ3n) is 24.1. The number of amides is 8. The van der Waals surface area contributed by atoms with E-state index in [0.29, 0.717) is 84.5 Å². The van der Waals surface area contributed by atoms with Gasteiger partial charge >= 0.3 is 24.4 Å². The van der Waals surface area contributed by atoms with E-state index < -0.39 is 72.9 Å². The van der Waals surface area contributed by atoms with E-state index in [1.54, 1.807) is 105 Å². The number of carbonyl (C=O) groups excluding carboxylic acids is 8. The number of carbonyl (C=O) groups is 8. The van der Waals surface area contributed by atoms with E-state index in [-0.39, 0.29) is 104 Å². The van der Waals surface area contributed by atoms with Gasteiger partial charge in [0.15, 0.2) is 12.5 Å². The molecule has 7 atom stereocenters. The van der Waals surface area contributed by atoms with Crippen LogP contribution in [0.1, 0.15) is 112 Å². The molecule has 0 aromatic heterocycles. The van der Waals surface area contributed by atoms with Gasteiger partial charge in [0.2, 0.25) is 0 Å². The Morgan fingerprint density at radius 2 is 0.790 bits per heavy atom. The van der Waals surface area contributed by atoms with Gasteiger partial charge in [0.1, 0.15) is 72.4 Å². The molecular formula is C105H118N8O25. The molecule has 2 unspecified atom stereocenters. The van der Waals surface area contributed by atoms with Crippen LogP contribution in [0.15, 0.2) is 221 Å². The van der Waals surface area contributed by atoms with E-state index in [1.165, 1.54) is 57.6 Å². The summed E-state index contributed by atoms with van der Waals surface area (Å²) in [7, 11) is 12.5. The molecule has 0 aliphatic carbocycles. The normalized spacial score (nSPS) is 17.8. The van der Waals surface area contributed by atoms with Crippen LogP contribution in [0.5, 0.6) is 46.0 Å². The van der Waals surface area contributed by atoms with Crippen LogP contribution in [0.25, 0.3) is 22.3 Å². The molecule has 14 rings (SSSR count). The quantitative estimate of drug-likeness (QED) is 0.0186. The number of methoxy groups -OCH3 is 8. The lowest BCUT2D eigenvalue weighted by Gasteiger charge is -2.42. The first kappa shape index (κ1) is 103. The number of hydrogen-bond donors (Lipinski definition) is 7. The number of anilines is 4. The fourth-order valence-corrected chi connectivity index (χ4v) is 17.0. The monoisotopic (exact) mass is 1890 g/mol. The highest BCUT2D eigenvalue weighted by Gasteiger charge is 2.49. The average Bonchev–Trinajstić information content (AvgIpc) is 1.63. The van der Waals surface area contributed by atoms with Gasteiger partial charge in [0.25, 0.3) is 23.6 Å². The number of aryl methyl sites for hydroxylation is 4. The molecule has 0 radical (unpaired) electrons. The lowest BCUT2D eigenvalue weighted by atomic mass is 9.89. The summed E-state index contributed by atoms with van der Waals surface area (Å²) in [5.74, 6) is 3.57. The second kappa shape index (κ2) is 48.3. The Hall–Kier alpha value is -15.2. The van der Waals surface area contributed by atoms with Gasteiger partial charge in [-0.25, -0.2) is 29.0 Å². The van der Waals surface area contributed by atoms with Crippen LogP contribution >= 0.6 is 0 Å². The van der Waals surface area contributed by atoms with Crippen molar-refractivity contribution in [3.8, 4) is 46.0 Å². The summed E-state index contributed by atoms with van der Waals surface area (Å²) < 4.78 is 63.1. The Bertz CT molecular complexity index is 5820. The minimum absolute atomic E-state index is 0.0220. The molecule has 7 N–H and O–H groups in total. The number of ether oxygens (including phenoxy) is 12. The first-order chi connectivity index (χ1) is 66.5. The first-order valence-corrected chi connectivity index (χ1v) is 44.4. The van der Waals surface area contributed by atoms with E-state index in [4.69, 9.17) is 56.8 Å². The van der Waals surface area contributed by atoms with Crippen molar-refractivity contribution >= 4 is 93.0 Å². The number of aliphatic hydroxyl groups is 5. The van der Waals surface area contributed by atoms with Crippen molar-refractivity contribution in [2.75, 3.05) is 143 Å². The minimum atomic E-state index is -1.48. The van der Waals surface area contributed by atoms with Gasteiger partial charge < -0.3 is 102 Å².